The van der Waals surface area contributed by atoms with E-state index in [0.717, 1.165) is 36.0 Å². The van der Waals surface area contributed by atoms with Gasteiger partial charge >= 0.3 is 0 Å². The molecule has 1 aromatic carbocycles. The number of nitrogens with one attached hydrogen (secondary N) is 1. The predicted molar refractivity (Wildman–Crippen MR) is 126 cm³/mol. The molecule has 1 unspecified atom stereocenters. The zero-order valence-corrected chi connectivity index (χ0v) is 19.8. The minimum absolute atomic E-state index is 0.0331. The van der Waals surface area contributed by atoms with Gasteiger partial charge in [-0.1, -0.05) is 17.7 Å². The monoisotopic (exact) mass is 492 g/mol. The number of carbonyl (C=O) groups is 2. The first-order valence-electron chi connectivity index (χ1n) is 10.2. The second kappa shape index (κ2) is 10.1. The van der Waals surface area contributed by atoms with Gasteiger partial charge in [-0.3, -0.25) is 9.59 Å². The molecule has 1 saturated heterocycles. The lowest BCUT2D eigenvalue weighted by atomic mass is 10.2. The molecule has 0 saturated carbocycles. The van der Waals surface area contributed by atoms with Crippen LogP contribution in [0, 0.1) is 12.7 Å². The van der Waals surface area contributed by atoms with Gasteiger partial charge < -0.3 is 15.0 Å². The number of benzene rings is 1. The quantitative estimate of drug-likeness (QED) is 0.441. The van der Waals surface area contributed by atoms with E-state index >= 15 is 0 Å². The number of ether oxygens (including phenoxy) is 1. The van der Waals surface area contributed by atoms with Crippen LogP contribution in [0.2, 0.25) is 5.02 Å². The molecule has 0 bridgehead atoms. The summed E-state index contributed by atoms with van der Waals surface area (Å²) in [5.41, 5.74) is 0.953. The smallest absolute Gasteiger partial charge is 0.264 e. The number of hydrogen-bond acceptors (Lipinski definition) is 5. The summed E-state index contributed by atoms with van der Waals surface area (Å²) in [6, 6.07) is 9.37. The number of anilines is 1. The van der Waals surface area contributed by atoms with Crippen LogP contribution in [0.4, 0.5) is 9.39 Å². The Kier molecular flexibility index (Phi) is 7.25. The maximum absolute atomic E-state index is 13.5. The Morgan fingerprint density at radius 2 is 2.16 bits per heavy atom. The molecule has 1 N–H and O–H groups in total. The van der Waals surface area contributed by atoms with Crippen molar-refractivity contribution in [2.45, 2.75) is 32.4 Å². The molecule has 0 aliphatic carbocycles. The minimum Gasteiger partial charge on any atom is -0.376 e. The Labute approximate surface area is 198 Å². The maximum Gasteiger partial charge on any atom is 0.264 e. The van der Waals surface area contributed by atoms with Gasteiger partial charge in [0, 0.05) is 18.0 Å². The molecule has 168 valence electrons. The van der Waals surface area contributed by atoms with E-state index in [1.165, 1.54) is 23.5 Å². The summed E-state index contributed by atoms with van der Waals surface area (Å²) in [7, 11) is 0. The van der Waals surface area contributed by atoms with Crippen LogP contribution in [0.15, 0.2) is 41.8 Å². The Balaban J connectivity index is 1.52. The number of rotatable bonds is 7. The second-order valence-corrected chi connectivity index (χ2v) is 10.1. The second-order valence-electron chi connectivity index (χ2n) is 7.60. The van der Waals surface area contributed by atoms with Gasteiger partial charge in [-0.15, -0.1) is 22.7 Å². The van der Waals surface area contributed by atoms with Crippen LogP contribution in [0.1, 0.15) is 43.3 Å². The zero-order valence-electron chi connectivity index (χ0n) is 17.4. The molecular formula is C23H22ClFN2O3S2. The molecule has 4 rings (SSSR count). The highest BCUT2D eigenvalue weighted by Gasteiger charge is 2.26. The number of amides is 2. The number of nitrogens with zero attached hydrogens (tertiary/aromatic N) is 1. The van der Waals surface area contributed by atoms with E-state index in [-0.39, 0.29) is 22.6 Å². The van der Waals surface area contributed by atoms with Crippen LogP contribution in [0.3, 0.4) is 0 Å². The maximum atomic E-state index is 13.5. The number of thiophene rings is 2. The summed E-state index contributed by atoms with van der Waals surface area (Å²) >= 11 is 8.83. The fourth-order valence-corrected chi connectivity index (χ4v) is 5.60. The summed E-state index contributed by atoms with van der Waals surface area (Å²) in [6.07, 6.45) is 1.99. The van der Waals surface area contributed by atoms with Gasteiger partial charge in [0.15, 0.2) is 0 Å². The average molecular weight is 493 g/mol. The van der Waals surface area contributed by atoms with Gasteiger partial charge in [-0.2, -0.15) is 0 Å². The first-order valence-corrected chi connectivity index (χ1v) is 12.3. The van der Waals surface area contributed by atoms with Crippen molar-refractivity contribution in [1.82, 2.24) is 4.90 Å². The molecule has 2 aromatic heterocycles. The van der Waals surface area contributed by atoms with E-state index < -0.39 is 11.7 Å². The summed E-state index contributed by atoms with van der Waals surface area (Å²) in [5, 5.41) is 5.33. The Hall–Kier alpha value is -2.26. The van der Waals surface area contributed by atoms with Gasteiger partial charge in [0.25, 0.3) is 11.8 Å². The van der Waals surface area contributed by atoms with E-state index in [1.54, 1.807) is 17.4 Å². The molecule has 1 aliphatic rings. The van der Waals surface area contributed by atoms with Crippen molar-refractivity contribution in [2.75, 3.05) is 18.5 Å². The summed E-state index contributed by atoms with van der Waals surface area (Å²) in [4.78, 5) is 29.5. The van der Waals surface area contributed by atoms with Crippen LogP contribution < -0.4 is 5.32 Å². The van der Waals surface area contributed by atoms with E-state index in [1.807, 2.05) is 29.3 Å². The number of carbonyl (C=O) groups excluding carboxylic acids is 2. The van der Waals surface area contributed by atoms with Crippen LogP contribution in [0.5, 0.6) is 0 Å². The van der Waals surface area contributed by atoms with Crippen LogP contribution in [0.25, 0.3) is 0 Å². The normalized spacial score (nSPS) is 15.7. The van der Waals surface area contributed by atoms with E-state index in [9.17, 15) is 14.0 Å². The van der Waals surface area contributed by atoms with Crippen molar-refractivity contribution in [3.63, 3.8) is 0 Å². The molecule has 3 heterocycles. The summed E-state index contributed by atoms with van der Waals surface area (Å²) < 4.78 is 19.0. The third kappa shape index (κ3) is 5.38. The first-order chi connectivity index (χ1) is 15.4. The highest BCUT2D eigenvalue weighted by atomic mass is 35.5. The van der Waals surface area contributed by atoms with Crippen molar-refractivity contribution in [2.24, 2.45) is 0 Å². The van der Waals surface area contributed by atoms with Crippen molar-refractivity contribution in [3.05, 3.63) is 73.5 Å². The lowest BCUT2D eigenvalue weighted by molar-refractivity contribution is 0.0513. The van der Waals surface area contributed by atoms with Crippen LogP contribution in [-0.2, 0) is 11.3 Å². The third-order valence-electron chi connectivity index (χ3n) is 5.19. The zero-order chi connectivity index (χ0) is 22.7. The number of hydrogen-bond donors (Lipinski definition) is 1. The SMILES string of the molecule is Cc1cc(NC(=O)c2ccc(F)cc2Cl)sc1C(=O)N(Cc1cccs1)CC1CCCO1. The molecule has 3 aromatic rings. The molecule has 1 fully saturated rings. The lowest BCUT2D eigenvalue weighted by Crippen LogP contribution is -2.36. The Bertz CT molecular complexity index is 1110. The molecule has 0 spiro atoms. The van der Waals surface area contributed by atoms with Gasteiger partial charge in [-0.25, -0.2) is 4.39 Å². The molecular weight excluding hydrogens is 471 g/mol. The molecule has 2 amide bonds. The van der Waals surface area contributed by atoms with E-state index in [2.05, 4.69) is 5.32 Å². The molecule has 5 nitrogen and oxygen atoms in total. The molecule has 9 heteroatoms. The van der Waals surface area contributed by atoms with Gasteiger partial charge in [0.1, 0.15) is 5.82 Å². The minimum atomic E-state index is -0.511. The van der Waals surface area contributed by atoms with Gasteiger partial charge in [0.2, 0.25) is 0 Å². The molecule has 1 atom stereocenters. The fourth-order valence-electron chi connectivity index (χ4n) is 3.60. The first kappa shape index (κ1) is 22.9. The molecule has 32 heavy (non-hydrogen) atoms. The van der Waals surface area contributed by atoms with Gasteiger partial charge in [0.05, 0.1) is 33.1 Å². The van der Waals surface area contributed by atoms with Crippen molar-refractivity contribution in [1.29, 1.82) is 0 Å². The lowest BCUT2D eigenvalue weighted by Gasteiger charge is -2.25. The number of aryl methyl sites for hydroxylation is 1. The average Bonchev–Trinajstić information content (AvgIpc) is 3.50. The van der Waals surface area contributed by atoms with Crippen molar-refractivity contribution >= 4 is 51.1 Å². The Morgan fingerprint density at radius 3 is 2.84 bits per heavy atom. The molecule has 0 radical (unpaired) electrons. The van der Waals surface area contributed by atoms with Crippen LogP contribution in [-0.4, -0.2) is 36.0 Å². The molecule has 1 aliphatic heterocycles. The predicted octanol–water partition coefficient (Wildman–Crippen LogP) is 5.98. The van der Waals surface area contributed by atoms with E-state index in [4.69, 9.17) is 16.3 Å². The van der Waals surface area contributed by atoms with E-state index in [0.29, 0.717) is 23.0 Å². The standard InChI is InChI=1S/C23H22ClFN2O3S2/c1-14-10-20(26-22(28)18-7-6-15(25)11-19(18)24)32-21(14)23(29)27(12-16-4-2-8-30-16)13-17-5-3-9-31-17/h3,5-7,9-11,16H,2,4,8,12-13H2,1H3,(H,26,28). The number of halogens is 2. The summed E-state index contributed by atoms with van der Waals surface area (Å²) in [5.74, 6) is -1.05. The highest BCUT2D eigenvalue weighted by molar-refractivity contribution is 7.18. The summed E-state index contributed by atoms with van der Waals surface area (Å²) in [6.45, 7) is 3.62. The van der Waals surface area contributed by atoms with Crippen LogP contribution >= 0.6 is 34.3 Å². The third-order valence-corrected chi connectivity index (χ3v) is 7.50. The van der Waals surface area contributed by atoms with Crippen molar-refractivity contribution in [3.8, 4) is 0 Å². The van der Waals surface area contributed by atoms with Crippen molar-refractivity contribution < 1.29 is 18.7 Å². The topological polar surface area (TPSA) is 58.6 Å². The fraction of sp³-hybridized carbons (Fsp3) is 0.304. The van der Waals surface area contributed by atoms with Gasteiger partial charge in [-0.05, 0) is 61.0 Å². The largest absolute Gasteiger partial charge is 0.376 e. The highest BCUT2D eigenvalue weighted by Crippen LogP contribution is 2.30. The Morgan fingerprint density at radius 1 is 1.31 bits per heavy atom.